The van der Waals surface area contributed by atoms with E-state index in [1.807, 2.05) is 0 Å². The fourth-order valence-electron chi connectivity index (χ4n) is 3.43. The molecular weight excluding hydrogens is 342 g/mol. The first kappa shape index (κ1) is 19.0. The van der Waals surface area contributed by atoms with Crippen LogP contribution in [0.15, 0.2) is 42.5 Å². The molecule has 0 N–H and O–H groups in total. The number of nitro benzene ring substituents is 1. The van der Waals surface area contributed by atoms with E-state index in [2.05, 4.69) is 36.9 Å². The summed E-state index contributed by atoms with van der Waals surface area (Å²) in [4.78, 5) is 27.4. The van der Waals surface area contributed by atoms with Crippen LogP contribution in [-0.4, -0.2) is 46.8 Å². The van der Waals surface area contributed by atoms with Gasteiger partial charge in [0.1, 0.15) is 0 Å². The third-order valence-corrected chi connectivity index (χ3v) is 5.16. The van der Waals surface area contributed by atoms with Gasteiger partial charge in [-0.15, -0.1) is 0 Å². The lowest BCUT2D eigenvalue weighted by Gasteiger charge is -2.22. The van der Waals surface area contributed by atoms with Gasteiger partial charge in [0.25, 0.3) is 11.6 Å². The zero-order chi connectivity index (χ0) is 19.4. The maximum absolute atomic E-state index is 12.8. The molecule has 1 heterocycles. The molecule has 0 saturated carbocycles. The second kappa shape index (κ2) is 8.31. The first-order valence-electron chi connectivity index (χ1n) is 9.26. The van der Waals surface area contributed by atoms with Gasteiger partial charge in [-0.2, -0.15) is 0 Å². The normalized spacial score (nSPS) is 15.4. The summed E-state index contributed by atoms with van der Waals surface area (Å²) >= 11 is 0. The topological polar surface area (TPSA) is 66.7 Å². The van der Waals surface area contributed by atoms with Gasteiger partial charge >= 0.3 is 0 Å². The Kier molecular flexibility index (Phi) is 5.86. The van der Waals surface area contributed by atoms with Crippen LogP contribution >= 0.6 is 0 Å². The Hall–Kier alpha value is -2.73. The summed E-state index contributed by atoms with van der Waals surface area (Å²) in [7, 11) is 0. The number of hydrogen-bond donors (Lipinski definition) is 0. The van der Waals surface area contributed by atoms with Crippen LogP contribution in [0.3, 0.4) is 0 Å². The average molecular weight is 367 g/mol. The molecule has 6 nitrogen and oxygen atoms in total. The number of rotatable bonds is 4. The smallest absolute Gasteiger partial charge is 0.270 e. The van der Waals surface area contributed by atoms with Crippen LogP contribution in [0.5, 0.6) is 0 Å². The lowest BCUT2D eigenvalue weighted by atomic mass is 10.1. The minimum Gasteiger partial charge on any atom is -0.337 e. The van der Waals surface area contributed by atoms with E-state index >= 15 is 0 Å². The standard InChI is InChI=1S/C21H25N3O3/c1-16-7-8-18(13-17(16)2)15-22-9-4-10-23(12-11-22)21(25)19-5-3-6-20(14-19)24(26)27/h3,5-8,13-14H,4,9-12,15H2,1-2H3. The number of carbonyl (C=O) groups excluding carboxylic acids is 1. The van der Waals surface area contributed by atoms with Crippen LogP contribution in [0, 0.1) is 24.0 Å². The van der Waals surface area contributed by atoms with E-state index in [1.165, 1.54) is 28.8 Å². The molecular formula is C21H25N3O3. The molecule has 3 rings (SSSR count). The van der Waals surface area contributed by atoms with Crippen LogP contribution in [-0.2, 0) is 6.54 Å². The van der Waals surface area contributed by atoms with Crippen molar-refractivity contribution >= 4 is 11.6 Å². The molecule has 1 aliphatic heterocycles. The Bertz CT molecular complexity index is 850. The fraction of sp³-hybridized carbons (Fsp3) is 0.381. The van der Waals surface area contributed by atoms with Crippen LogP contribution in [0.25, 0.3) is 0 Å². The van der Waals surface area contributed by atoms with E-state index in [-0.39, 0.29) is 11.6 Å². The molecule has 1 aliphatic rings. The van der Waals surface area contributed by atoms with Gasteiger partial charge < -0.3 is 4.90 Å². The van der Waals surface area contributed by atoms with Crippen molar-refractivity contribution in [2.24, 2.45) is 0 Å². The van der Waals surface area contributed by atoms with Crippen LogP contribution in [0.1, 0.15) is 33.5 Å². The van der Waals surface area contributed by atoms with E-state index in [4.69, 9.17) is 0 Å². The molecule has 1 fully saturated rings. The Morgan fingerprint density at radius 2 is 1.85 bits per heavy atom. The lowest BCUT2D eigenvalue weighted by Crippen LogP contribution is -2.35. The number of nitrogens with zero attached hydrogens (tertiary/aromatic N) is 3. The molecule has 0 radical (unpaired) electrons. The van der Waals surface area contributed by atoms with E-state index in [0.29, 0.717) is 18.7 Å². The zero-order valence-electron chi connectivity index (χ0n) is 15.9. The molecule has 0 unspecified atom stereocenters. The van der Waals surface area contributed by atoms with Gasteiger partial charge in [0.2, 0.25) is 0 Å². The van der Waals surface area contributed by atoms with Gasteiger partial charge in [0, 0.05) is 50.4 Å². The Morgan fingerprint density at radius 3 is 2.59 bits per heavy atom. The molecule has 6 heteroatoms. The van der Waals surface area contributed by atoms with E-state index in [1.54, 1.807) is 17.0 Å². The van der Waals surface area contributed by atoms with Crippen molar-refractivity contribution in [2.45, 2.75) is 26.8 Å². The van der Waals surface area contributed by atoms with Crippen LogP contribution in [0.2, 0.25) is 0 Å². The summed E-state index contributed by atoms with van der Waals surface area (Å²) in [5, 5.41) is 10.9. The Balaban J connectivity index is 1.64. The average Bonchev–Trinajstić information content (AvgIpc) is 2.90. The summed E-state index contributed by atoms with van der Waals surface area (Å²) < 4.78 is 0. The quantitative estimate of drug-likeness (QED) is 0.612. The highest BCUT2D eigenvalue weighted by Crippen LogP contribution is 2.17. The summed E-state index contributed by atoms with van der Waals surface area (Å²) in [5.41, 5.74) is 4.21. The van der Waals surface area contributed by atoms with Crippen molar-refractivity contribution in [2.75, 3.05) is 26.2 Å². The summed E-state index contributed by atoms with van der Waals surface area (Å²) in [6, 6.07) is 12.5. The van der Waals surface area contributed by atoms with Gasteiger partial charge in [-0.05, 0) is 43.0 Å². The lowest BCUT2D eigenvalue weighted by molar-refractivity contribution is -0.384. The Labute approximate surface area is 159 Å². The zero-order valence-corrected chi connectivity index (χ0v) is 15.9. The first-order chi connectivity index (χ1) is 12.9. The number of benzene rings is 2. The molecule has 0 atom stereocenters. The molecule has 1 amide bonds. The van der Waals surface area contributed by atoms with Crippen molar-refractivity contribution in [3.05, 3.63) is 74.8 Å². The van der Waals surface area contributed by atoms with Crippen LogP contribution < -0.4 is 0 Å². The van der Waals surface area contributed by atoms with Crippen LogP contribution in [0.4, 0.5) is 5.69 Å². The summed E-state index contributed by atoms with van der Waals surface area (Å²) in [5.74, 6) is -0.133. The molecule has 0 bridgehead atoms. The highest BCUT2D eigenvalue weighted by atomic mass is 16.6. The van der Waals surface area contributed by atoms with Crippen molar-refractivity contribution in [1.82, 2.24) is 9.80 Å². The SMILES string of the molecule is Cc1ccc(CN2CCCN(C(=O)c3cccc([N+](=O)[O-])c3)CC2)cc1C. The molecule has 2 aromatic carbocycles. The monoisotopic (exact) mass is 367 g/mol. The van der Waals surface area contributed by atoms with Crippen molar-refractivity contribution < 1.29 is 9.72 Å². The second-order valence-electron chi connectivity index (χ2n) is 7.15. The second-order valence-corrected chi connectivity index (χ2v) is 7.15. The number of nitro groups is 1. The molecule has 27 heavy (non-hydrogen) atoms. The maximum Gasteiger partial charge on any atom is 0.270 e. The summed E-state index contributed by atoms with van der Waals surface area (Å²) in [6.45, 7) is 8.15. The van der Waals surface area contributed by atoms with Crippen molar-refractivity contribution in [1.29, 1.82) is 0 Å². The largest absolute Gasteiger partial charge is 0.337 e. The third kappa shape index (κ3) is 4.71. The van der Waals surface area contributed by atoms with Gasteiger partial charge in [0.15, 0.2) is 0 Å². The third-order valence-electron chi connectivity index (χ3n) is 5.16. The van der Waals surface area contributed by atoms with E-state index < -0.39 is 4.92 Å². The molecule has 1 saturated heterocycles. The molecule has 2 aromatic rings. The first-order valence-corrected chi connectivity index (χ1v) is 9.26. The minimum atomic E-state index is -0.468. The van der Waals surface area contributed by atoms with Gasteiger partial charge in [-0.1, -0.05) is 24.3 Å². The van der Waals surface area contributed by atoms with Gasteiger partial charge in [-0.3, -0.25) is 19.8 Å². The molecule has 0 aliphatic carbocycles. The highest BCUT2D eigenvalue weighted by Gasteiger charge is 2.21. The van der Waals surface area contributed by atoms with E-state index in [0.717, 1.165) is 26.1 Å². The number of hydrogen-bond acceptors (Lipinski definition) is 4. The number of non-ortho nitro benzene ring substituents is 1. The van der Waals surface area contributed by atoms with Gasteiger partial charge in [0.05, 0.1) is 4.92 Å². The van der Waals surface area contributed by atoms with E-state index in [9.17, 15) is 14.9 Å². The number of aryl methyl sites for hydroxylation is 2. The predicted octanol–water partition coefficient (Wildman–Crippen LogP) is 3.56. The fourth-order valence-corrected chi connectivity index (χ4v) is 3.43. The Morgan fingerprint density at radius 1 is 1.04 bits per heavy atom. The molecule has 0 spiro atoms. The van der Waals surface area contributed by atoms with Gasteiger partial charge in [-0.25, -0.2) is 0 Å². The predicted molar refractivity (Wildman–Crippen MR) is 105 cm³/mol. The minimum absolute atomic E-state index is 0.0490. The maximum atomic E-state index is 12.8. The molecule has 0 aromatic heterocycles. The highest BCUT2D eigenvalue weighted by molar-refractivity contribution is 5.94. The van der Waals surface area contributed by atoms with Crippen molar-refractivity contribution in [3.63, 3.8) is 0 Å². The van der Waals surface area contributed by atoms with Crippen molar-refractivity contribution in [3.8, 4) is 0 Å². The number of carbonyl (C=O) groups is 1. The number of amides is 1. The summed E-state index contributed by atoms with van der Waals surface area (Å²) in [6.07, 6.45) is 0.894. The molecule has 142 valence electrons.